The topological polar surface area (TPSA) is 41.1 Å². The second-order valence-electron chi connectivity index (χ2n) is 5.71. The lowest BCUT2D eigenvalue weighted by Gasteiger charge is -2.26. The third-order valence-corrected chi connectivity index (χ3v) is 4.20. The summed E-state index contributed by atoms with van der Waals surface area (Å²) in [6.45, 7) is 1.01. The van der Waals surface area contributed by atoms with Crippen LogP contribution >= 0.6 is 12.4 Å². The van der Waals surface area contributed by atoms with Gasteiger partial charge < -0.3 is 10.6 Å². The minimum absolute atomic E-state index is 0. The Morgan fingerprint density at radius 2 is 1.71 bits per heavy atom. The van der Waals surface area contributed by atoms with Crippen LogP contribution in [0.5, 0.6) is 0 Å². The number of halogens is 1. The smallest absolute Gasteiger partial charge is 0.237 e. The number of carbonyl (C=O) groups excluding carboxylic acids is 1. The Kier molecular flexibility index (Phi) is 4.31. The van der Waals surface area contributed by atoms with Gasteiger partial charge in [0.25, 0.3) is 0 Å². The molecule has 1 unspecified atom stereocenters. The average molecular weight is 259 g/mol. The molecule has 0 radical (unpaired) electrons. The molecule has 98 valence electrons. The van der Waals surface area contributed by atoms with Crippen LogP contribution in [0, 0.1) is 11.8 Å². The Morgan fingerprint density at radius 3 is 2.18 bits per heavy atom. The van der Waals surface area contributed by atoms with Crippen LogP contribution in [0.15, 0.2) is 0 Å². The molecule has 4 heteroatoms. The molecule has 1 aliphatic heterocycles. The third kappa shape index (κ3) is 3.35. The molecule has 17 heavy (non-hydrogen) atoms. The zero-order valence-corrected chi connectivity index (χ0v) is 11.1. The van der Waals surface area contributed by atoms with Crippen molar-refractivity contribution in [3.63, 3.8) is 0 Å². The lowest BCUT2D eigenvalue weighted by atomic mass is 10.0. The molecule has 1 heterocycles. The first kappa shape index (κ1) is 13.2. The van der Waals surface area contributed by atoms with Gasteiger partial charge in [0, 0.05) is 6.04 Å². The molecule has 0 aromatic rings. The highest BCUT2D eigenvalue weighted by atomic mass is 35.5. The molecule has 3 nitrogen and oxygen atoms in total. The van der Waals surface area contributed by atoms with Gasteiger partial charge in [0.1, 0.15) is 0 Å². The highest BCUT2D eigenvalue weighted by Crippen LogP contribution is 2.44. The lowest BCUT2D eigenvalue weighted by Crippen LogP contribution is -2.50. The number of carbonyl (C=O) groups is 1. The highest BCUT2D eigenvalue weighted by Gasteiger charge is 2.42. The molecule has 2 saturated carbocycles. The van der Waals surface area contributed by atoms with Gasteiger partial charge in [0.2, 0.25) is 5.91 Å². The quantitative estimate of drug-likeness (QED) is 0.808. The largest absolute Gasteiger partial charge is 0.351 e. The maximum Gasteiger partial charge on any atom is 0.237 e. The lowest BCUT2D eigenvalue weighted by molar-refractivity contribution is -0.124. The van der Waals surface area contributed by atoms with E-state index in [1.807, 2.05) is 0 Å². The van der Waals surface area contributed by atoms with E-state index in [0.29, 0.717) is 6.04 Å². The van der Waals surface area contributed by atoms with Gasteiger partial charge in [-0.05, 0) is 56.9 Å². The predicted molar refractivity (Wildman–Crippen MR) is 70.3 cm³/mol. The fraction of sp³-hybridized carbons (Fsp3) is 0.923. The SMILES string of the molecule is Cl.O=C(NC(C1CC1)C1CC1)C1CCCCN1. The Hall–Kier alpha value is -0.280. The maximum atomic E-state index is 12.1. The second kappa shape index (κ2) is 5.57. The molecule has 1 saturated heterocycles. The number of amides is 1. The molecule has 3 rings (SSSR count). The van der Waals surface area contributed by atoms with Gasteiger partial charge in [-0.2, -0.15) is 0 Å². The zero-order valence-electron chi connectivity index (χ0n) is 10.3. The van der Waals surface area contributed by atoms with Crippen molar-refractivity contribution in [1.29, 1.82) is 0 Å². The van der Waals surface area contributed by atoms with E-state index in [-0.39, 0.29) is 24.4 Å². The monoisotopic (exact) mass is 258 g/mol. The Labute approximate surface area is 110 Å². The van der Waals surface area contributed by atoms with Crippen LogP contribution in [0.25, 0.3) is 0 Å². The van der Waals surface area contributed by atoms with Crippen LogP contribution in [0.4, 0.5) is 0 Å². The molecule has 2 aliphatic carbocycles. The molecule has 3 aliphatic rings. The van der Waals surface area contributed by atoms with Crippen LogP contribution in [-0.4, -0.2) is 24.5 Å². The zero-order chi connectivity index (χ0) is 11.0. The third-order valence-electron chi connectivity index (χ3n) is 4.20. The predicted octanol–water partition coefficient (Wildman–Crippen LogP) is 1.86. The first-order valence-corrected chi connectivity index (χ1v) is 6.88. The van der Waals surface area contributed by atoms with E-state index in [2.05, 4.69) is 10.6 Å². The van der Waals surface area contributed by atoms with Crippen LogP contribution in [0.3, 0.4) is 0 Å². The van der Waals surface area contributed by atoms with Gasteiger partial charge in [0.15, 0.2) is 0 Å². The summed E-state index contributed by atoms with van der Waals surface area (Å²) in [7, 11) is 0. The Balaban J connectivity index is 0.00000108. The first-order valence-electron chi connectivity index (χ1n) is 6.88. The summed E-state index contributed by atoms with van der Waals surface area (Å²) in [6.07, 6.45) is 8.77. The minimum Gasteiger partial charge on any atom is -0.351 e. The number of nitrogens with one attached hydrogen (secondary N) is 2. The molecule has 0 spiro atoms. The van der Waals surface area contributed by atoms with Gasteiger partial charge in [-0.15, -0.1) is 12.4 Å². The summed E-state index contributed by atoms with van der Waals surface area (Å²) in [5.41, 5.74) is 0. The molecular weight excluding hydrogens is 236 g/mol. The molecule has 3 fully saturated rings. The normalized spacial score (nSPS) is 28.6. The van der Waals surface area contributed by atoms with Crippen molar-refractivity contribution in [2.24, 2.45) is 11.8 Å². The number of piperidine rings is 1. The molecular formula is C13H23ClN2O. The van der Waals surface area contributed by atoms with Crippen LogP contribution in [-0.2, 0) is 4.79 Å². The number of hydrogen-bond acceptors (Lipinski definition) is 2. The first-order chi connectivity index (χ1) is 7.84. The van der Waals surface area contributed by atoms with Crippen molar-refractivity contribution in [2.45, 2.75) is 57.0 Å². The van der Waals surface area contributed by atoms with Gasteiger partial charge in [-0.3, -0.25) is 4.79 Å². The summed E-state index contributed by atoms with van der Waals surface area (Å²) in [6, 6.07) is 0.602. The molecule has 0 aromatic heterocycles. The van der Waals surface area contributed by atoms with Crippen molar-refractivity contribution < 1.29 is 4.79 Å². The average Bonchev–Trinajstić information content (AvgIpc) is 3.19. The van der Waals surface area contributed by atoms with E-state index in [1.54, 1.807) is 0 Å². The van der Waals surface area contributed by atoms with Gasteiger partial charge in [0.05, 0.1) is 6.04 Å². The summed E-state index contributed by atoms with van der Waals surface area (Å²) in [5, 5.41) is 6.64. The summed E-state index contributed by atoms with van der Waals surface area (Å²) < 4.78 is 0. The molecule has 0 aromatic carbocycles. The number of hydrogen-bond donors (Lipinski definition) is 2. The van der Waals surface area contributed by atoms with Crippen molar-refractivity contribution in [2.75, 3.05) is 6.54 Å². The van der Waals surface area contributed by atoms with E-state index in [1.165, 1.54) is 38.5 Å². The van der Waals surface area contributed by atoms with E-state index in [0.717, 1.165) is 24.8 Å². The number of rotatable bonds is 4. The molecule has 1 atom stereocenters. The Morgan fingerprint density at radius 1 is 1.06 bits per heavy atom. The van der Waals surface area contributed by atoms with E-state index in [9.17, 15) is 4.79 Å². The van der Waals surface area contributed by atoms with Crippen LogP contribution < -0.4 is 10.6 Å². The van der Waals surface area contributed by atoms with Crippen molar-refractivity contribution in [1.82, 2.24) is 10.6 Å². The van der Waals surface area contributed by atoms with Crippen LogP contribution in [0.2, 0.25) is 0 Å². The summed E-state index contributed by atoms with van der Waals surface area (Å²) in [4.78, 5) is 12.1. The Bertz CT molecular complexity index is 259. The van der Waals surface area contributed by atoms with E-state index >= 15 is 0 Å². The van der Waals surface area contributed by atoms with E-state index in [4.69, 9.17) is 0 Å². The second-order valence-corrected chi connectivity index (χ2v) is 5.71. The van der Waals surface area contributed by atoms with Crippen molar-refractivity contribution in [3.05, 3.63) is 0 Å². The maximum absolute atomic E-state index is 12.1. The standard InChI is InChI=1S/C13H22N2O.ClH/c16-13(11-3-1-2-8-14-11)15-12(9-4-5-9)10-6-7-10;/h9-12,14H,1-8H2,(H,15,16);1H. The fourth-order valence-corrected chi connectivity index (χ4v) is 2.87. The van der Waals surface area contributed by atoms with E-state index < -0.39 is 0 Å². The van der Waals surface area contributed by atoms with Gasteiger partial charge in [-0.25, -0.2) is 0 Å². The fourth-order valence-electron chi connectivity index (χ4n) is 2.87. The molecule has 1 amide bonds. The molecule has 0 bridgehead atoms. The minimum atomic E-state index is 0. The summed E-state index contributed by atoms with van der Waals surface area (Å²) >= 11 is 0. The summed E-state index contributed by atoms with van der Waals surface area (Å²) in [5.74, 6) is 1.88. The van der Waals surface area contributed by atoms with Crippen molar-refractivity contribution >= 4 is 18.3 Å². The van der Waals surface area contributed by atoms with Crippen molar-refractivity contribution in [3.8, 4) is 0 Å². The van der Waals surface area contributed by atoms with Gasteiger partial charge in [-0.1, -0.05) is 6.42 Å². The highest BCUT2D eigenvalue weighted by molar-refractivity contribution is 5.85. The molecule has 2 N–H and O–H groups in total. The van der Waals surface area contributed by atoms with Gasteiger partial charge >= 0.3 is 0 Å². The van der Waals surface area contributed by atoms with Crippen LogP contribution in [0.1, 0.15) is 44.9 Å².